The van der Waals surface area contributed by atoms with Gasteiger partial charge < -0.3 is 168 Å². The molecule has 0 aliphatic carbocycles. The maximum Gasteiger partial charge on any atom is 0.187 e. The molecule has 77 heavy (non-hydrogen) atoms. The van der Waals surface area contributed by atoms with Crippen LogP contribution < -0.4 is 0 Å². The molecule has 21 heterocycles. The Balaban J connectivity index is 1.08. The third kappa shape index (κ3) is 12.2. The predicted molar refractivity (Wildman–Crippen MR) is 235 cm³/mol. The number of hydrogen-bond donors (Lipinski definition) is 21. The summed E-state index contributed by atoms with van der Waals surface area (Å²) >= 11 is 4.23. The van der Waals surface area contributed by atoms with Crippen molar-refractivity contribution >= 4 is 12.6 Å². The van der Waals surface area contributed by atoms with Crippen molar-refractivity contribution in [3.05, 3.63) is 0 Å². The Morgan fingerprint density at radius 2 is 0.325 bits per heavy atom. The number of thiol groups is 1. The van der Waals surface area contributed by atoms with Gasteiger partial charge in [0.25, 0.3) is 0 Å². The molecule has 0 saturated carbocycles. The average Bonchev–Trinajstić information content (AvgIpc) is 3.47. The molecule has 0 aromatic carbocycles. The van der Waals surface area contributed by atoms with Gasteiger partial charge in [0, 0.05) is 5.75 Å². The minimum atomic E-state index is -2.20. The van der Waals surface area contributed by atoms with Crippen molar-refractivity contribution < 1.29 is 168 Å². The first-order valence-corrected chi connectivity index (χ1v) is 25.3. The van der Waals surface area contributed by atoms with Crippen molar-refractivity contribution in [1.29, 1.82) is 0 Å². The van der Waals surface area contributed by atoms with Gasteiger partial charge >= 0.3 is 0 Å². The molecule has 21 aliphatic heterocycles. The van der Waals surface area contributed by atoms with Crippen LogP contribution in [0.5, 0.6) is 0 Å². The van der Waals surface area contributed by atoms with E-state index in [1.807, 2.05) is 0 Å². The second-order valence-corrected chi connectivity index (χ2v) is 20.0. The summed E-state index contributed by atoms with van der Waals surface area (Å²) in [5.41, 5.74) is 0. The van der Waals surface area contributed by atoms with E-state index in [1.54, 1.807) is 0 Å². The van der Waals surface area contributed by atoms with Gasteiger partial charge in [-0.2, -0.15) is 12.6 Å². The average molecular weight is 1150 g/mol. The molecule has 21 rings (SSSR count). The van der Waals surface area contributed by atoms with E-state index in [9.17, 15) is 102 Å². The smallest absolute Gasteiger partial charge is 0.187 e. The van der Waals surface area contributed by atoms with Gasteiger partial charge in [-0.1, -0.05) is 0 Å². The number of aliphatic hydroxyl groups is 20. The van der Waals surface area contributed by atoms with E-state index in [1.165, 1.54) is 0 Å². The second kappa shape index (κ2) is 26.3. The molecule has 35 atom stereocenters. The molecule has 0 amide bonds. The van der Waals surface area contributed by atoms with E-state index < -0.39 is 255 Å². The van der Waals surface area contributed by atoms with E-state index >= 15 is 0 Å². The summed E-state index contributed by atoms with van der Waals surface area (Å²) in [6.45, 7) is -6.17. The zero-order valence-corrected chi connectivity index (χ0v) is 41.2. The number of aliphatic hydroxyl groups excluding tert-OH is 20. The van der Waals surface area contributed by atoms with Crippen LogP contribution in [0, 0.1) is 0 Å². The first-order chi connectivity index (χ1) is 36.7. The van der Waals surface area contributed by atoms with E-state index in [0.29, 0.717) is 0 Å². The molecule has 20 N–H and O–H groups in total. The molecule has 0 aromatic heterocycles. The molecule has 21 saturated heterocycles. The molecule has 0 spiro atoms. The van der Waals surface area contributed by atoms with E-state index in [0.717, 1.165) is 0 Å². The zero-order valence-electron chi connectivity index (χ0n) is 40.3. The molecule has 0 aromatic rings. The Bertz CT molecular complexity index is 1470. The minimum Gasteiger partial charge on any atom is -0.394 e. The lowest BCUT2D eigenvalue weighted by atomic mass is 9.95. The van der Waals surface area contributed by atoms with Gasteiger partial charge in [-0.25, -0.2) is 0 Å². The molecule has 21 aliphatic rings. The van der Waals surface area contributed by atoms with Gasteiger partial charge in [0.15, 0.2) is 44.0 Å². The quantitative estimate of drug-likeness (QED) is 0.105. The van der Waals surface area contributed by atoms with Crippen molar-refractivity contribution in [2.45, 2.75) is 215 Å². The zero-order chi connectivity index (χ0) is 56.1. The van der Waals surface area contributed by atoms with Crippen molar-refractivity contribution in [1.82, 2.24) is 0 Å². The fourth-order valence-corrected chi connectivity index (χ4v) is 10.7. The van der Waals surface area contributed by atoms with Gasteiger partial charge in [0.1, 0.15) is 165 Å². The Kier molecular flexibility index (Phi) is 21.2. The maximum absolute atomic E-state index is 11.4. The Morgan fingerprint density at radius 1 is 0.195 bits per heavy atom. The Morgan fingerprint density at radius 3 is 0.455 bits per heavy atom. The largest absolute Gasteiger partial charge is 0.394 e. The molecule has 35 heteroatoms. The van der Waals surface area contributed by atoms with Crippen molar-refractivity contribution in [3.8, 4) is 0 Å². The SMILES string of the molecule is OCC1OC2OC3C(CO)OC(OC4C(CO)OC(OC5C(CS)OC(OC6C(CO)OC(OC7C(CO)OC(OC8C(CO)OC(OC1C(O)C2O)C(O)C8O)C(O)C7O)C(O)C6O)C(O)C5O)C(O)C4O)C(O)C3O. The van der Waals surface area contributed by atoms with Crippen LogP contribution in [0.2, 0.25) is 0 Å². The van der Waals surface area contributed by atoms with Crippen LogP contribution in [0.25, 0.3) is 0 Å². The summed E-state index contributed by atoms with van der Waals surface area (Å²) in [6.07, 6.45) is -68.7. The summed E-state index contributed by atoms with van der Waals surface area (Å²) in [6, 6.07) is 0. The van der Waals surface area contributed by atoms with Crippen LogP contribution in [-0.4, -0.2) is 362 Å². The first-order valence-electron chi connectivity index (χ1n) is 24.6. The number of rotatable bonds is 7. The minimum absolute atomic E-state index is 0.352. The van der Waals surface area contributed by atoms with Crippen LogP contribution in [0.1, 0.15) is 0 Å². The summed E-state index contributed by atoms with van der Waals surface area (Å²) in [5, 5.41) is 220. The van der Waals surface area contributed by atoms with E-state index in [-0.39, 0.29) is 5.75 Å². The highest BCUT2D eigenvalue weighted by Crippen LogP contribution is 2.39. The third-order valence-electron chi connectivity index (χ3n) is 14.8. The normalized spacial score (nSPS) is 55.4. The summed E-state index contributed by atoms with van der Waals surface area (Å²) in [4.78, 5) is 0. The van der Waals surface area contributed by atoms with Crippen LogP contribution in [0.3, 0.4) is 0 Å². The highest BCUT2D eigenvalue weighted by atomic mass is 32.1. The monoisotopic (exact) mass is 1150 g/mol. The molecular weight excluding hydrogens is 1080 g/mol. The second-order valence-electron chi connectivity index (χ2n) is 19.7. The van der Waals surface area contributed by atoms with Crippen molar-refractivity contribution in [2.75, 3.05) is 45.4 Å². The van der Waals surface area contributed by atoms with Crippen LogP contribution in [0.15, 0.2) is 0 Å². The standard InChI is InChI=1S/C42H70O34S/c43-1-8-29-16(50)23(57)37(64-8)72-31-10(3-45)66-39(25(59)18(31)52)74-33-12(5-47)68-41(27(61)20(33)54)76-35-14(7-77)69-42(28(62)21(35)55)75-34-13(6-48)67-40(26(60)19(34)53)73-32-11(4-46)65-38(24(58)17(32)51)71-30-9(2-44)63-36(70-29)22(56)15(30)49/h8-62,77H,1-7H2. The molecule has 21 fully saturated rings. The van der Waals surface area contributed by atoms with Gasteiger partial charge in [-0.05, 0) is 0 Å². The van der Waals surface area contributed by atoms with Gasteiger partial charge in [0.2, 0.25) is 0 Å². The lowest BCUT2D eigenvalue weighted by Gasteiger charge is -2.50. The van der Waals surface area contributed by atoms with Crippen LogP contribution in [0.4, 0.5) is 0 Å². The Labute approximate surface area is 440 Å². The molecule has 0 radical (unpaired) electrons. The molecule has 35 unspecified atom stereocenters. The van der Waals surface area contributed by atoms with Crippen LogP contribution >= 0.6 is 12.6 Å². The topological polar surface area (TPSA) is 534 Å². The summed E-state index contributed by atoms with van der Waals surface area (Å²) < 4.78 is 80.0. The van der Waals surface area contributed by atoms with Gasteiger partial charge in [-0.15, -0.1) is 0 Å². The molecule has 34 nitrogen and oxygen atoms in total. The molecule has 14 bridgehead atoms. The summed E-state index contributed by atoms with van der Waals surface area (Å²) in [5.74, 6) is -0.352. The van der Waals surface area contributed by atoms with E-state index in [4.69, 9.17) is 66.3 Å². The molecular formula is C42H70O34S. The van der Waals surface area contributed by atoms with Crippen molar-refractivity contribution in [2.24, 2.45) is 0 Å². The Hall–Kier alpha value is -1.01. The third-order valence-corrected chi connectivity index (χ3v) is 15.1. The highest BCUT2D eigenvalue weighted by Gasteiger charge is 2.59. The predicted octanol–water partition coefficient (Wildman–Crippen LogP) is -14.3. The summed E-state index contributed by atoms with van der Waals surface area (Å²) in [7, 11) is 0. The van der Waals surface area contributed by atoms with Crippen molar-refractivity contribution in [3.63, 3.8) is 0 Å². The fourth-order valence-electron chi connectivity index (χ4n) is 10.4. The van der Waals surface area contributed by atoms with Gasteiger partial charge in [-0.3, -0.25) is 0 Å². The fraction of sp³-hybridized carbons (Fsp3) is 1.00. The van der Waals surface area contributed by atoms with Crippen LogP contribution in [-0.2, 0) is 66.3 Å². The lowest BCUT2D eigenvalue weighted by molar-refractivity contribution is -0.396. The number of ether oxygens (including phenoxy) is 14. The first kappa shape index (κ1) is 62.0. The maximum atomic E-state index is 11.4. The number of hydrogen-bond acceptors (Lipinski definition) is 35. The van der Waals surface area contributed by atoms with E-state index in [2.05, 4.69) is 12.6 Å². The lowest BCUT2D eigenvalue weighted by Crippen LogP contribution is -2.68. The molecule has 448 valence electrons. The van der Waals surface area contributed by atoms with Gasteiger partial charge in [0.05, 0.1) is 45.7 Å². The highest BCUT2D eigenvalue weighted by molar-refractivity contribution is 7.80.